The summed E-state index contributed by atoms with van der Waals surface area (Å²) in [4.78, 5) is 19.0. The predicted molar refractivity (Wildman–Crippen MR) is 121 cm³/mol. The topological polar surface area (TPSA) is 80.4 Å². The zero-order valence-electron chi connectivity index (χ0n) is 18.7. The van der Waals surface area contributed by atoms with Gasteiger partial charge in [0, 0.05) is 6.54 Å². The fourth-order valence-corrected chi connectivity index (χ4v) is 3.84. The van der Waals surface area contributed by atoms with E-state index in [9.17, 15) is 4.79 Å². The van der Waals surface area contributed by atoms with Gasteiger partial charge >= 0.3 is 6.09 Å². The minimum Gasteiger partial charge on any atom is -0.459 e. The maximum Gasteiger partial charge on any atom is 0.410 e. The standard InChI is InChI=1S/C25H28N4O3/c1-25(2,3)32-24(30)28-14-6-7-20(17-28)31-23-27-21-8-4-5-9-22(21)29(23)16-19-12-10-18(15-26)11-13-19/h4-5,8-13,20H,6-7,14,16-17H2,1-3H3/t20-/m1/s1. The number of hydrogen-bond donors (Lipinski definition) is 0. The van der Waals surface area contributed by atoms with Crippen molar-refractivity contribution >= 4 is 17.1 Å². The lowest BCUT2D eigenvalue weighted by Crippen LogP contribution is -2.46. The molecule has 1 amide bonds. The molecule has 0 unspecified atom stereocenters. The Balaban J connectivity index is 1.55. The van der Waals surface area contributed by atoms with Crippen LogP contribution >= 0.6 is 0 Å². The quantitative estimate of drug-likeness (QED) is 0.595. The van der Waals surface area contributed by atoms with E-state index in [1.165, 1.54) is 0 Å². The molecule has 1 aliphatic rings. The third-order valence-electron chi connectivity index (χ3n) is 5.35. The van der Waals surface area contributed by atoms with Gasteiger partial charge in [-0.3, -0.25) is 4.57 Å². The molecule has 1 saturated heterocycles. The first-order valence-corrected chi connectivity index (χ1v) is 10.9. The van der Waals surface area contributed by atoms with Gasteiger partial charge in [-0.1, -0.05) is 24.3 Å². The van der Waals surface area contributed by atoms with Gasteiger partial charge in [0.1, 0.15) is 11.7 Å². The van der Waals surface area contributed by atoms with E-state index in [2.05, 4.69) is 6.07 Å². The highest BCUT2D eigenvalue weighted by molar-refractivity contribution is 5.76. The van der Waals surface area contributed by atoms with Gasteiger partial charge in [-0.25, -0.2) is 4.79 Å². The van der Waals surface area contributed by atoms with E-state index >= 15 is 0 Å². The molecule has 7 heteroatoms. The van der Waals surface area contributed by atoms with E-state index in [1.807, 2.05) is 73.9 Å². The number of hydrogen-bond acceptors (Lipinski definition) is 5. The first-order chi connectivity index (χ1) is 15.3. The number of fused-ring (bicyclic) bond motifs is 1. The Kier molecular flexibility index (Phi) is 6.04. The van der Waals surface area contributed by atoms with Crippen LogP contribution < -0.4 is 4.74 Å². The number of imidazole rings is 1. The van der Waals surface area contributed by atoms with Gasteiger partial charge in [-0.2, -0.15) is 10.2 Å². The molecule has 4 rings (SSSR count). The second-order valence-corrected chi connectivity index (χ2v) is 9.09. The van der Waals surface area contributed by atoms with E-state index in [4.69, 9.17) is 19.7 Å². The zero-order valence-corrected chi connectivity index (χ0v) is 18.7. The van der Waals surface area contributed by atoms with Gasteiger partial charge in [-0.15, -0.1) is 0 Å². The van der Waals surface area contributed by atoms with Crippen LogP contribution in [0, 0.1) is 11.3 Å². The van der Waals surface area contributed by atoms with E-state index < -0.39 is 5.60 Å². The molecule has 0 radical (unpaired) electrons. The van der Waals surface area contributed by atoms with E-state index in [1.54, 1.807) is 4.90 Å². The molecule has 0 bridgehead atoms. The van der Waals surface area contributed by atoms with Gasteiger partial charge in [0.15, 0.2) is 0 Å². The summed E-state index contributed by atoms with van der Waals surface area (Å²) < 4.78 is 13.9. The number of nitriles is 1. The second-order valence-electron chi connectivity index (χ2n) is 9.09. The van der Waals surface area contributed by atoms with E-state index in [0.29, 0.717) is 31.2 Å². The number of carbonyl (C=O) groups excluding carboxylic acids is 1. The first-order valence-electron chi connectivity index (χ1n) is 10.9. The van der Waals surface area contributed by atoms with Crippen molar-refractivity contribution in [3.8, 4) is 12.1 Å². The largest absolute Gasteiger partial charge is 0.459 e. The van der Waals surface area contributed by atoms with Crippen molar-refractivity contribution in [2.45, 2.75) is 51.9 Å². The van der Waals surface area contributed by atoms with Crippen LogP contribution in [0.2, 0.25) is 0 Å². The van der Waals surface area contributed by atoms with Crippen molar-refractivity contribution in [1.82, 2.24) is 14.5 Å². The molecule has 2 aromatic carbocycles. The number of benzene rings is 2. The third kappa shape index (κ3) is 5.02. The maximum atomic E-state index is 12.5. The SMILES string of the molecule is CC(C)(C)OC(=O)N1CCC[C@@H](Oc2nc3ccccc3n2Cc2ccc(C#N)cc2)C1. The van der Waals surface area contributed by atoms with Gasteiger partial charge < -0.3 is 14.4 Å². The highest BCUT2D eigenvalue weighted by Gasteiger charge is 2.29. The van der Waals surface area contributed by atoms with Crippen molar-refractivity contribution in [3.63, 3.8) is 0 Å². The van der Waals surface area contributed by atoms with Gasteiger partial charge in [-0.05, 0) is 63.4 Å². The molecule has 2 heterocycles. The fraction of sp³-hybridized carbons (Fsp3) is 0.400. The molecular formula is C25H28N4O3. The fourth-order valence-electron chi connectivity index (χ4n) is 3.84. The van der Waals surface area contributed by atoms with Gasteiger partial charge in [0.25, 0.3) is 6.01 Å². The molecule has 1 aromatic heterocycles. The summed E-state index contributed by atoms with van der Waals surface area (Å²) in [5.41, 5.74) is 2.99. The van der Waals surface area contributed by atoms with Crippen LogP contribution in [-0.2, 0) is 11.3 Å². The van der Waals surface area contributed by atoms with Crippen LogP contribution in [0.1, 0.15) is 44.7 Å². The molecule has 3 aromatic rings. The van der Waals surface area contributed by atoms with Gasteiger partial charge in [0.2, 0.25) is 0 Å². The molecule has 1 fully saturated rings. The molecule has 0 N–H and O–H groups in total. The average Bonchev–Trinajstić information content (AvgIpc) is 3.10. The minimum atomic E-state index is -0.528. The van der Waals surface area contributed by atoms with Crippen LogP contribution in [0.4, 0.5) is 4.79 Å². The Bertz CT molecular complexity index is 1140. The van der Waals surface area contributed by atoms with Crippen LogP contribution in [-0.4, -0.2) is 45.3 Å². The third-order valence-corrected chi connectivity index (χ3v) is 5.35. The number of para-hydroxylation sites is 2. The number of carbonyl (C=O) groups is 1. The number of amides is 1. The van der Waals surface area contributed by atoms with Crippen molar-refractivity contribution in [2.75, 3.05) is 13.1 Å². The molecule has 1 atom stereocenters. The van der Waals surface area contributed by atoms with Crippen LogP contribution in [0.3, 0.4) is 0 Å². The second kappa shape index (κ2) is 8.91. The monoisotopic (exact) mass is 432 g/mol. The first kappa shape index (κ1) is 21.7. The highest BCUT2D eigenvalue weighted by Crippen LogP contribution is 2.26. The molecule has 0 saturated carbocycles. The summed E-state index contributed by atoms with van der Waals surface area (Å²) in [6, 6.07) is 18.1. The Morgan fingerprint density at radius 3 is 2.66 bits per heavy atom. The molecule has 166 valence electrons. The molecule has 1 aliphatic heterocycles. The van der Waals surface area contributed by atoms with E-state index in [-0.39, 0.29) is 12.2 Å². The van der Waals surface area contributed by atoms with Crippen LogP contribution in [0.15, 0.2) is 48.5 Å². The Hall–Kier alpha value is -3.53. The lowest BCUT2D eigenvalue weighted by Gasteiger charge is -2.34. The maximum absolute atomic E-state index is 12.5. The van der Waals surface area contributed by atoms with Crippen LogP contribution in [0.25, 0.3) is 11.0 Å². The van der Waals surface area contributed by atoms with Crippen molar-refractivity contribution in [1.29, 1.82) is 5.26 Å². The smallest absolute Gasteiger partial charge is 0.410 e. The van der Waals surface area contributed by atoms with Gasteiger partial charge in [0.05, 0.1) is 35.8 Å². The Morgan fingerprint density at radius 1 is 1.19 bits per heavy atom. The van der Waals surface area contributed by atoms with Crippen molar-refractivity contribution in [2.24, 2.45) is 0 Å². The predicted octanol–water partition coefficient (Wildman–Crippen LogP) is 4.73. The Labute approximate surface area is 188 Å². The number of rotatable bonds is 4. The summed E-state index contributed by atoms with van der Waals surface area (Å²) in [6.45, 7) is 7.31. The summed E-state index contributed by atoms with van der Waals surface area (Å²) in [5, 5.41) is 9.05. The zero-order chi connectivity index (χ0) is 22.7. The normalized spacial score (nSPS) is 16.6. The lowest BCUT2D eigenvalue weighted by molar-refractivity contribution is 0.00626. The summed E-state index contributed by atoms with van der Waals surface area (Å²) >= 11 is 0. The molecule has 7 nitrogen and oxygen atoms in total. The number of piperidine rings is 1. The molecule has 0 spiro atoms. The van der Waals surface area contributed by atoms with Crippen molar-refractivity contribution < 1.29 is 14.3 Å². The molecular weight excluding hydrogens is 404 g/mol. The van der Waals surface area contributed by atoms with Crippen molar-refractivity contribution in [3.05, 3.63) is 59.7 Å². The lowest BCUT2D eigenvalue weighted by atomic mass is 10.1. The summed E-state index contributed by atoms with van der Waals surface area (Å²) in [5.74, 6) is 0. The summed E-state index contributed by atoms with van der Waals surface area (Å²) in [7, 11) is 0. The van der Waals surface area contributed by atoms with Crippen LogP contribution in [0.5, 0.6) is 6.01 Å². The Morgan fingerprint density at radius 2 is 1.94 bits per heavy atom. The number of ether oxygens (including phenoxy) is 2. The summed E-state index contributed by atoms with van der Waals surface area (Å²) in [6.07, 6.45) is 1.23. The number of nitrogens with zero attached hydrogens (tertiary/aromatic N) is 4. The van der Waals surface area contributed by atoms with E-state index in [0.717, 1.165) is 29.4 Å². The number of likely N-dealkylation sites (tertiary alicyclic amines) is 1. The minimum absolute atomic E-state index is 0.159. The molecule has 32 heavy (non-hydrogen) atoms. The average molecular weight is 433 g/mol. The number of aromatic nitrogens is 2. The molecule has 0 aliphatic carbocycles. The highest BCUT2D eigenvalue weighted by atomic mass is 16.6.